The van der Waals surface area contributed by atoms with Gasteiger partial charge in [0.2, 0.25) is 6.29 Å². The maximum atomic E-state index is 5.52. The highest BCUT2D eigenvalue weighted by Gasteiger charge is 2.30. The Labute approximate surface area is 75.4 Å². The molecule has 0 amide bonds. The molecule has 0 N–H and O–H groups in total. The Kier molecular flexibility index (Phi) is 1.65. The lowest BCUT2D eigenvalue weighted by atomic mass is 10.3. The normalized spacial score (nSPS) is 28.2. The van der Waals surface area contributed by atoms with Gasteiger partial charge in [-0.15, -0.1) is 0 Å². The molecule has 4 nitrogen and oxygen atoms in total. The second kappa shape index (κ2) is 2.83. The molecule has 0 spiro atoms. The van der Waals surface area contributed by atoms with Gasteiger partial charge < -0.3 is 18.6 Å². The molecule has 0 aromatic carbocycles. The topological polar surface area (TPSA) is 44.1 Å². The zero-order valence-electron chi connectivity index (χ0n) is 7.06. The monoisotopic (exact) mass is 182 g/mol. The Hall–Kier alpha value is -0.840. The third-order valence-electron chi connectivity index (χ3n) is 2.15. The molecule has 3 rings (SSSR count). The van der Waals surface area contributed by atoms with E-state index in [1.807, 2.05) is 12.1 Å². The minimum absolute atomic E-state index is 0.162. The van der Waals surface area contributed by atoms with Crippen LogP contribution in [0.25, 0.3) is 0 Å². The third-order valence-corrected chi connectivity index (χ3v) is 2.15. The molecule has 2 aliphatic rings. The van der Waals surface area contributed by atoms with Crippen molar-refractivity contribution < 1.29 is 18.6 Å². The van der Waals surface area contributed by atoms with Crippen molar-refractivity contribution in [2.75, 3.05) is 19.8 Å². The standard InChI is InChI=1S/C9H10O4/c1-2-7(9-10-3-4-11-9)13-6(1)8-5-12-8/h1-2,8-9H,3-5H2. The molecular formula is C9H10O4. The molecule has 1 atom stereocenters. The molecule has 3 heterocycles. The van der Waals surface area contributed by atoms with Crippen molar-refractivity contribution >= 4 is 0 Å². The Morgan fingerprint density at radius 3 is 2.38 bits per heavy atom. The fraction of sp³-hybridized carbons (Fsp3) is 0.556. The van der Waals surface area contributed by atoms with E-state index in [4.69, 9.17) is 18.6 Å². The van der Waals surface area contributed by atoms with E-state index in [1.165, 1.54) is 0 Å². The second-order valence-corrected chi connectivity index (χ2v) is 3.14. The Morgan fingerprint density at radius 1 is 1.00 bits per heavy atom. The average molecular weight is 182 g/mol. The SMILES string of the molecule is c1cc(C2OCCO2)oc1C1CO1. The minimum atomic E-state index is -0.312. The van der Waals surface area contributed by atoms with Crippen molar-refractivity contribution in [1.29, 1.82) is 0 Å². The molecular weight excluding hydrogens is 172 g/mol. The number of epoxide rings is 1. The Balaban J connectivity index is 1.79. The second-order valence-electron chi connectivity index (χ2n) is 3.14. The molecule has 1 aromatic heterocycles. The highest BCUT2D eigenvalue weighted by atomic mass is 16.7. The lowest BCUT2D eigenvalue weighted by Crippen LogP contribution is -1.94. The molecule has 2 aliphatic heterocycles. The maximum Gasteiger partial charge on any atom is 0.217 e. The van der Waals surface area contributed by atoms with Gasteiger partial charge in [-0.25, -0.2) is 0 Å². The van der Waals surface area contributed by atoms with Crippen molar-refractivity contribution in [2.45, 2.75) is 12.4 Å². The zero-order valence-corrected chi connectivity index (χ0v) is 7.06. The molecule has 2 saturated heterocycles. The van der Waals surface area contributed by atoms with Crippen molar-refractivity contribution in [1.82, 2.24) is 0 Å². The molecule has 70 valence electrons. The van der Waals surface area contributed by atoms with Crippen LogP contribution >= 0.6 is 0 Å². The Bertz CT molecular complexity index is 296. The van der Waals surface area contributed by atoms with E-state index in [2.05, 4.69) is 0 Å². The summed E-state index contributed by atoms with van der Waals surface area (Å²) in [6.45, 7) is 2.04. The van der Waals surface area contributed by atoms with Gasteiger partial charge in [0.05, 0.1) is 19.8 Å². The summed E-state index contributed by atoms with van der Waals surface area (Å²) in [6.07, 6.45) is -0.150. The molecule has 1 unspecified atom stereocenters. The predicted octanol–water partition coefficient (Wildman–Crippen LogP) is 1.40. The molecule has 13 heavy (non-hydrogen) atoms. The largest absolute Gasteiger partial charge is 0.458 e. The number of rotatable bonds is 2. The van der Waals surface area contributed by atoms with Gasteiger partial charge in [-0.05, 0) is 12.1 Å². The van der Waals surface area contributed by atoms with Gasteiger partial charge in [-0.3, -0.25) is 0 Å². The fourth-order valence-electron chi connectivity index (χ4n) is 1.40. The van der Waals surface area contributed by atoms with E-state index in [-0.39, 0.29) is 12.4 Å². The van der Waals surface area contributed by atoms with E-state index < -0.39 is 0 Å². The first-order chi connectivity index (χ1) is 6.43. The first-order valence-electron chi connectivity index (χ1n) is 4.38. The number of ether oxygens (including phenoxy) is 3. The fourth-order valence-corrected chi connectivity index (χ4v) is 1.40. The van der Waals surface area contributed by atoms with Crippen molar-refractivity contribution in [3.05, 3.63) is 23.7 Å². The molecule has 0 aliphatic carbocycles. The van der Waals surface area contributed by atoms with E-state index in [9.17, 15) is 0 Å². The summed E-state index contributed by atoms with van der Waals surface area (Å²) >= 11 is 0. The van der Waals surface area contributed by atoms with Gasteiger partial charge in [-0.1, -0.05) is 0 Å². The Morgan fingerprint density at radius 2 is 1.69 bits per heavy atom. The van der Waals surface area contributed by atoms with Crippen LogP contribution in [-0.4, -0.2) is 19.8 Å². The molecule has 0 bridgehead atoms. The van der Waals surface area contributed by atoms with Gasteiger partial charge >= 0.3 is 0 Å². The highest BCUT2D eigenvalue weighted by molar-refractivity contribution is 5.13. The van der Waals surface area contributed by atoms with Crippen molar-refractivity contribution in [2.24, 2.45) is 0 Å². The maximum absolute atomic E-state index is 5.52. The van der Waals surface area contributed by atoms with Crippen LogP contribution in [0.5, 0.6) is 0 Å². The molecule has 0 radical (unpaired) electrons. The predicted molar refractivity (Wildman–Crippen MR) is 42.0 cm³/mol. The van der Waals surface area contributed by atoms with Crippen LogP contribution in [0.3, 0.4) is 0 Å². The highest BCUT2D eigenvalue weighted by Crippen LogP contribution is 2.33. The number of furan rings is 1. The van der Waals surface area contributed by atoms with Crippen LogP contribution in [0.2, 0.25) is 0 Å². The minimum Gasteiger partial charge on any atom is -0.458 e. The van der Waals surface area contributed by atoms with Gasteiger partial charge in [0, 0.05) is 0 Å². The first kappa shape index (κ1) is 7.55. The summed E-state index contributed by atoms with van der Waals surface area (Å²) in [4.78, 5) is 0. The number of hydrogen-bond donors (Lipinski definition) is 0. The summed E-state index contributed by atoms with van der Waals surface area (Å²) < 4.78 is 21.2. The summed E-state index contributed by atoms with van der Waals surface area (Å²) in [6, 6.07) is 3.80. The quantitative estimate of drug-likeness (QED) is 0.648. The first-order valence-corrected chi connectivity index (χ1v) is 4.38. The van der Waals surface area contributed by atoms with Gasteiger partial charge in [0.1, 0.15) is 11.9 Å². The lowest BCUT2D eigenvalue weighted by Gasteiger charge is -2.03. The van der Waals surface area contributed by atoms with Crippen molar-refractivity contribution in [3.8, 4) is 0 Å². The van der Waals surface area contributed by atoms with E-state index in [0.29, 0.717) is 13.2 Å². The summed E-state index contributed by atoms with van der Waals surface area (Å²) in [5, 5.41) is 0. The van der Waals surface area contributed by atoms with Crippen LogP contribution in [0, 0.1) is 0 Å². The zero-order chi connectivity index (χ0) is 8.67. The van der Waals surface area contributed by atoms with Crippen molar-refractivity contribution in [3.63, 3.8) is 0 Å². The van der Waals surface area contributed by atoms with Crippen LogP contribution in [0.15, 0.2) is 16.5 Å². The molecule has 2 fully saturated rings. The molecule has 1 aromatic rings. The third kappa shape index (κ3) is 1.37. The smallest absolute Gasteiger partial charge is 0.217 e. The van der Waals surface area contributed by atoms with Crippen LogP contribution in [0.1, 0.15) is 23.9 Å². The number of hydrogen-bond acceptors (Lipinski definition) is 4. The van der Waals surface area contributed by atoms with E-state index >= 15 is 0 Å². The van der Waals surface area contributed by atoms with E-state index in [0.717, 1.165) is 18.1 Å². The lowest BCUT2D eigenvalue weighted by molar-refractivity contribution is -0.0595. The molecule has 4 heteroatoms. The summed E-state index contributed by atoms with van der Waals surface area (Å²) in [5.41, 5.74) is 0. The van der Waals surface area contributed by atoms with Crippen LogP contribution in [-0.2, 0) is 14.2 Å². The van der Waals surface area contributed by atoms with Crippen LogP contribution in [0.4, 0.5) is 0 Å². The van der Waals surface area contributed by atoms with E-state index in [1.54, 1.807) is 0 Å². The summed E-state index contributed by atoms with van der Waals surface area (Å²) in [7, 11) is 0. The average Bonchev–Trinajstić information content (AvgIpc) is 2.72. The van der Waals surface area contributed by atoms with Crippen LogP contribution < -0.4 is 0 Å². The summed E-state index contributed by atoms with van der Waals surface area (Å²) in [5.74, 6) is 1.61. The van der Waals surface area contributed by atoms with Gasteiger partial charge in [-0.2, -0.15) is 0 Å². The van der Waals surface area contributed by atoms with Gasteiger partial charge in [0.15, 0.2) is 5.76 Å². The van der Waals surface area contributed by atoms with Gasteiger partial charge in [0.25, 0.3) is 0 Å². The molecule has 0 saturated carbocycles.